The third-order valence-electron chi connectivity index (χ3n) is 3.27. The van der Waals surface area contributed by atoms with Gasteiger partial charge in [-0.1, -0.05) is 6.42 Å². The Bertz CT molecular complexity index is 126. The molecule has 0 aromatic heterocycles. The molecule has 0 N–H and O–H groups in total. The summed E-state index contributed by atoms with van der Waals surface area (Å²) in [6, 6.07) is 0. The Labute approximate surface area is 63.6 Å². The largest absolute Gasteiger partial charge is 0.328 e. The summed E-state index contributed by atoms with van der Waals surface area (Å²) in [5, 5.41) is 0. The van der Waals surface area contributed by atoms with Gasteiger partial charge >= 0.3 is 0 Å². The van der Waals surface area contributed by atoms with Crippen molar-refractivity contribution in [2.75, 3.05) is 27.2 Å². The molecule has 0 spiro atoms. The van der Waals surface area contributed by atoms with Gasteiger partial charge in [-0.25, -0.2) is 0 Å². The Morgan fingerprint density at radius 1 is 1.00 bits per heavy atom. The van der Waals surface area contributed by atoms with E-state index in [0.29, 0.717) is 0 Å². The van der Waals surface area contributed by atoms with Crippen molar-refractivity contribution in [3.05, 3.63) is 0 Å². The van der Waals surface area contributed by atoms with Gasteiger partial charge in [-0.2, -0.15) is 0 Å². The molecule has 0 amide bonds. The van der Waals surface area contributed by atoms with Gasteiger partial charge < -0.3 is 4.48 Å². The maximum atomic E-state index is 2.37. The standard InChI is InChI=1S/C9H18N/c1-10(2)6-8-4-3-5-9(8)7-10/h8-9H,3-7H2,1-2H3/q+1. The van der Waals surface area contributed by atoms with Crippen molar-refractivity contribution >= 4 is 0 Å². The maximum Gasteiger partial charge on any atom is 0.0816 e. The normalized spacial score (nSPS) is 43.8. The van der Waals surface area contributed by atoms with Crippen LogP contribution in [-0.4, -0.2) is 31.7 Å². The fourth-order valence-electron chi connectivity index (χ4n) is 2.94. The molecule has 2 atom stereocenters. The quantitative estimate of drug-likeness (QED) is 0.447. The van der Waals surface area contributed by atoms with Crippen LogP contribution in [0.25, 0.3) is 0 Å². The molecule has 2 aliphatic rings. The third-order valence-corrected chi connectivity index (χ3v) is 3.27. The SMILES string of the molecule is C[N+]1(C)CC2CCCC2C1. The van der Waals surface area contributed by atoms with Gasteiger partial charge in [0.1, 0.15) is 0 Å². The fourth-order valence-corrected chi connectivity index (χ4v) is 2.94. The Morgan fingerprint density at radius 3 is 2.00 bits per heavy atom. The zero-order valence-corrected chi connectivity index (χ0v) is 7.14. The number of rotatable bonds is 0. The summed E-state index contributed by atoms with van der Waals surface area (Å²) in [7, 11) is 4.75. The smallest absolute Gasteiger partial charge is 0.0816 e. The average molecular weight is 140 g/mol. The summed E-state index contributed by atoms with van der Waals surface area (Å²) < 4.78 is 1.29. The number of quaternary nitrogens is 1. The first-order chi connectivity index (χ1) is 4.67. The van der Waals surface area contributed by atoms with E-state index in [0.717, 1.165) is 11.8 Å². The van der Waals surface area contributed by atoms with Crippen molar-refractivity contribution in [2.24, 2.45) is 11.8 Å². The monoisotopic (exact) mass is 140 g/mol. The second kappa shape index (κ2) is 1.97. The van der Waals surface area contributed by atoms with Crippen molar-refractivity contribution in [3.8, 4) is 0 Å². The van der Waals surface area contributed by atoms with Gasteiger partial charge in [0, 0.05) is 11.8 Å². The molecule has 2 rings (SSSR count). The molecule has 0 aromatic rings. The van der Waals surface area contributed by atoms with Gasteiger partial charge in [-0.05, 0) is 12.8 Å². The Hall–Kier alpha value is -0.0400. The van der Waals surface area contributed by atoms with Crippen LogP contribution < -0.4 is 0 Å². The second-order valence-electron chi connectivity index (χ2n) is 4.75. The predicted octanol–water partition coefficient (Wildman–Crippen LogP) is 1.49. The van der Waals surface area contributed by atoms with E-state index in [2.05, 4.69) is 14.1 Å². The van der Waals surface area contributed by atoms with E-state index < -0.39 is 0 Å². The fraction of sp³-hybridized carbons (Fsp3) is 1.00. The van der Waals surface area contributed by atoms with E-state index in [4.69, 9.17) is 0 Å². The molecule has 0 bridgehead atoms. The molecule has 0 aromatic carbocycles. The first kappa shape index (κ1) is 6.66. The number of hydrogen-bond acceptors (Lipinski definition) is 0. The van der Waals surface area contributed by atoms with E-state index >= 15 is 0 Å². The van der Waals surface area contributed by atoms with Gasteiger partial charge in [0.25, 0.3) is 0 Å². The first-order valence-corrected chi connectivity index (χ1v) is 4.49. The van der Waals surface area contributed by atoms with Crippen molar-refractivity contribution in [1.82, 2.24) is 0 Å². The highest BCUT2D eigenvalue weighted by Gasteiger charge is 2.42. The number of fused-ring (bicyclic) bond motifs is 1. The molecule has 1 aliphatic heterocycles. The van der Waals surface area contributed by atoms with Gasteiger partial charge in [-0.3, -0.25) is 0 Å². The molecular weight excluding hydrogens is 122 g/mol. The Balaban J connectivity index is 2.07. The first-order valence-electron chi connectivity index (χ1n) is 4.49. The highest BCUT2D eigenvalue weighted by molar-refractivity contribution is 4.81. The number of hydrogen-bond donors (Lipinski definition) is 0. The molecule has 1 nitrogen and oxygen atoms in total. The van der Waals surface area contributed by atoms with Gasteiger partial charge in [-0.15, -0.1) is 0 Å². The molecule has 1 heterocycles. The summed E-state index contributed by atoms with van der Waals surface area (Å²) in [5.41, 5.74) is 0. The predicted molar refractivity (Wildman–Crippen MR) is 42.7 cm³/mol. The molecule has 10 heavy (non-hydrogen) atoms. The molecule has 0 radical (unpaired) electrons. The Kier molecular flexibility index (Phi) is 1.31. The van der Waals surface area contributed by atoms with Crippen LogP contribution in [0.3, 0.4) is 0 Å². The third kappa shape index (κ3) is 0.968. The molecule has 58 valence electrons. The number of likely N-dealkylation sites (tertiary alicyclic amines) is 1. The van der Waals surface area contributed by atoms with Gasteiger partial charge in [0.05, 0.1) is 27.2 Å². The van der Waals surface area contributed by atoms with E-state index in [1.54, 1.807) is 0 Å². The van der Waals surface area contributed by atoms with Crippen LogP contribution in [0, 0.1) is 11.8 Å². The van der Waals surface area contributed by atoms with Gasteiger partial charge in [0.15, 0.2) is 0 Å². The van der Waals surface area contributed by atoms with E-state index in [1.165, 1.54) is 36.8 Å². The lowest BCUT2D eigenvalue weighted by molar-refractivity contribution is -0.881. The zero-order valence-electron chi connectivity index (χ0n) is 7.14. The molecule has 2 unspecified atom stereocenters. The van der Waals surface area contributed by atoms with E-state index in [1.807, 2.05) is 0 Å². The summed E-state index contributed by atoms with van der Waals surface area (Å²) in [4.78, 5) is 0. The molecule has 1 heteroatoms. The van der Waals surface area contributed by atoms with Crippen molar-refractivity contribution in [1.29, 1.82) is 0 Å². The van der Waals surface area contributed by atoms with Crippen LogP contribution in [-0.2, 0) is 0 Å². The lowest BCUT2D eigenvalue weighted by Crippen LogP contribution is -2.37. The topological polar surface area (TPSA) is 0 Å². The van der Waals surface area contributed by atoms with Crippen molar-refractivity contribution < 1.29 is 4.48 Å². The molecular formula is C9H18N+. The van der Waals surface area contributed by atoms with Gasteiger partial charge in [0.2, 0.25) is 0 Å². The zero-order chi connectivity index (χ0) is 7.19. The van der Waals surface area contributed by atoms with Crippen LogP contribution in [0.1, 0.15) is 19.3 Å². The van der Waals surface area contributed by atoms with Crippen LogP contribution in [0.2, 0.25) is 0 Å². The number of nitrogens with zero attached hydrogens (tertiary/aromatic N) is 1. The average Bonchev–Trinajstić information content (AvgIpc) is 2.20. The molecule has 1 saturated carbocycles. The lowest BCUT2D eigenvalue weighted by atomic mass is 10.0. The minimum atomic E-state index is 1.09. The maximum absolute atomic E-state index is 2.37. The van der Waals surface area contributed by atoms with Crippen LogP contribution in [0.15, 0.2) is 0 Å². The summed E-state index contributed by atoms with van der Waals surface area (Å²) in [6.07, 6.45) is 4.55. The summed E-state index contributed by atoms with van der Waals surface area (Å²) >= 11 is 0. The highest BCUT2D eigenvalue weighted by Crippen LogP contribution is 2.39. The summed E-state index contributed by atoms with van der Waals surface area (Å²) in [6.45, 7) is 2.90. The highest BCUT2D eigenvalue weighted by atomic mass is 15.3. The minimum Gasteiger partial charge on any atom is -0.328 e. The van der Waals surface area contributed by atoms with E-state index in [9.17, 15) is 0 Å². The van der Waals surface area contributed by atoms with Crippen molar-refractivity contribution in [3.63, 3.8) is 0 Å². The van der Waals surface area contributed by atoms with Crippen LogP contribution in [0.5, 0.6) is 0 Å². The second-order valence-corrected chi connectivity index (χ2v) is 4.75. The Morgan fingerprint density at radius 2 is 1.50 bits per heavy atom. The van der Waals surface area contributed by atoms with E-state index in [-0.39, 0.29) is 0 Å². The van der Waals surface area contributed by atoms with Crippen LogP contribution >= 0.6 is 0 Å². The molecule has 1 saturated heterocycles. The molecule has 1 aliphatic carbocycles. The minimum absolute atomic E-state index is 1.09. The summed E-state index contributed by atoms with van der Waals surface area (Å²) in [5.74, 6) is 2.19. The van der Waals surface area contributed by atoms with Crippen molar-refractivity contribution in [2.45, 2.75) is 19.3 Å². The lowest BCUT2D eigenvalue weighted by Gasteiger charge is -2.24. The molecule has 2 fully saturated rings. The van der Waals surface area contributed by atoms with Crippen LogP contribution in [0.4, 0.5) is 0 Å².